The molecule has 1 aromatic heterocycles. The first kappa shape index (κ1) is 20.3. The molecule has 2 aromatic rings. The summed E-state index contributed by atoms with van der Waals surface area (Å²) < 4.78 is 37.6. The number of hydrogen-bond donors (Lipinski definition) is 2. The first-order chi connectivity index (χ1) is 13.5. The molecule has 2 N–H and O–H groups in total. The molecule has 0 spiro atoms. The van der Waals surface area contributed by atoms with Crippen molar-refractivity contribution >= 4 is 21.8 Å². The van der Waals surface area contributed by atoms with Crippen LogP contribution in [0.4, 0.5) is 11.8 Å². The largest absolute Gasteiger partial charge is 0.497 e. The van der Waals surface area contributed by atoms with Crippen LogP contribution < -0.4 is 19.7 Å². The van der Waals surface area contributed by atoms with E-state index in [1.54, 1.807) is 12.1 Å². The zero-order valence-corrected chi connectivity index (χ0v) is 16.8. The number of aryl methyl sites for hydroxylation is 1. The molecular formula is C18H25N5O4S. The molecule has 0 atom stereocenters. The number of methoxy groups -OCH3 is 1. The molecule has 28 heavy (non-hydrogen) atoms. The minimum absolute atomic E-state index is 0.190. The lowest BCUT2D eigenvalue weighted by Gasteiger charge is -2.28. The normalized spacial score (nSPS) is 14.7. The van der Waals surface area contributed by atoms with Crippen molar-refractivity contribution in [3.05, 3.63) is 36.0 Å². The third kappa shape index (κ3) is 5.31. The van der Waals surface area contributed by atoms with E-state index in [1.807, 2.05) is 13.0 Å². The monoisotopic (exact) mass is 407 g/mol. The molecule has 152 valence electrons. The second kappa shape index (κ2) is 9.18. The number of hydrogen-bond acceptors (Lipinski definition) is 8. The number of nitrogens with zero attached hydrogens (tertiary/aromatic N) is 3. The molecule has 2 heterocycles. The Kier molecular flexibility index (Phi) is 6.65. The lowest BCUT2D eigenvalue weighted by atomic mass is 10.3. The molecule has 0 bridgehead atoms. The molecule has 0 aliphatic carbocycles. The smallest absolute Gasteiger partial charge is 0.240 e. The van der Waals surface area contributed by atoms with Crippen molar-refractivity contribution in [1.29, 1.82) is 0 Å². The summed E-state index contributed by atoms with van der Waals surface area (Å²) in [5.74, 6) is 1.93. The van der Waals surface area contributed by atoms with Crippen molar-refractivity contribution in [1.82, 2.24) is 14.7 Å². The highest BCUT2D eigenvalue weighted by Gasteiger charge is 2.15. The van der Waals surface area contributed by atoms with Crippen LogP contribution in [-0.4, -0.2) is 64.9 Å². The van der Waals surface area contributed by atoms with Gasteiger partial charge in [0, 0.05) is 37.9 Å². The van der Waals surface area contributed by atoms with Gasteiger partial charge in [-0.2, -0.15) is 4.98 Å². The fourth-order valence-corrected chi connectivity index (χ4v) is 3.82. The van der Waals surface area contributed by atoms with Gasteiger partial charge in [-0.05, 0) is 31.2 Å². The van der Waals surface area contributed by atoms with Gasteiger partial charge in [-0.1, -0.05) is 0 Å². The average Bonchev–Trinajstić information content (AvgIpc) is 2.71. The van der Waals surface area contributed by atoms with Gasteiger partial charge in [-0.25, -0.2) is 18.1 Å². The number of rotatable bonds is 8. The molecule has 9 nitrogen and oxygen atoms in total. The fourth-order valence-electron chi connectivity index (χ4n) is 2.78. The number of benzene rings is 1. The quantitative estimate of drug-likeness (QED) is 0.625. The Morgan fingerprint density at radius 3 is 2.54 bits per heavy atom. The predicted molar refractivity (Wildman–Crippen MR) is 106 cm³/mol. The van der Waals surface area contributed by atoms with E-state index in [0.717, 1.165) is 24.6 Å². The van der Waals surface area contributed by atoms with Crippen LogP contribution in [0.3, 0.4) is 0 Å². The summed E-state index contributed by atoms with van der Waals surface area (Å²) in [5, 5.41) is 3.08. The molecule has 1 aliphatic heterocycles. The molecule has 0 radical (unpaired) electrons. The lowest BCUT2D eigenvalue weighted by Crippen LogP contribution is -2.37. The highest BCUT2D eigenvalue weighted by atomic mass is 32.2. The van der Waals surface area contributed by atoms with Crippen LogP contribution >= 0.6 is 0 Å². The van der Waals surface area contributed by atoms with Gasteiger partial charge in [0.2, 0.25) is 16.0 Å². The summed E-state index contributed by atoms with van der Waals surface area (Å²) in [7, 11) is -2.05. The maximum absolute atomic E-state index is 12.3. The third-order valence-electron chi connectivity index (χ3n) is 4.25. The summed E-state index contributed by atoms with van der Waals surface area (Å²) in [5.41, 5.74) is 0.845. The van der Waals surface area contributed by atoms with Crippen LogP contribution in [-0.2, 0) is 14.8 Å². The van der Waals surface area contributed by atoms with Crippen LogP contribution in [0.5, 0.6) is 5.75 Å². The Hall–Kier alpha value is -2.43. The van der Waals surface area contributed by atoms with Gasteiger partial charge in [0.05, 0.1) is 25.2 Å². The number of anilines is 2. The molecule has 1 aromatic carbocycles. The summed E-state index contributed by atoms with van der Waals surface area (Å²) in [6.45, 7) is 5.41. The van der Waals surface area contributed by atoms with E-state index in [1.165, 1.54) is 19.2 Å². The fraction of sp³-hybridized carbons (Fsp3) is 0.444. The molecule has 1 aliphatic rings. The van der Waals surface area contributed by atoms with E-state index >= 15 is 0 Å². The van der Waals surface area contributed by atoms with Gasteiger partial charge >= 0.3 is 0 Å². The number of nitrogens with one attached hydrogen (secondary N) is 2. The van der Waals surface area contributed by atoms with E-state index in [-0.39, 0.29) is 11.4 Å². The van der Waals surface area contributed by atoms with Crippen molar-refractivity contribution < 1.29 is 17.9 Å². The maximum Gasteiger partial charge on any atom is 0.240 e. The number of sulfonamides is 1. The van der Waals surface area contributed by atoms with Gasteiger partial charge in [-0.3, -0.25) is 0 Å². The van der Waals surface area contributed by atoms with E-state index in [0.29, 0.717) is 31.5 Å². The maximum atomic E-state index is 12.3. The van der Waals surface area contributed by atoms with Crippen LogP contribution in [0, 0.1) is 6.92 Å². The van der Waals surface area contributed by atoms with Gasteiger partial charge in [0.25, 0.3) is 0 Å². The zero-order chi connectivity index (χ0) is 20.0. The van der Waals surface area contributed by atoms with Crippen LogP contribution in [0.1, 0.15) is 5.69 Å². The Morgan fingerprint density at radius 1 is 1.14 bits per heavy atom. The van der Waals surface area contributed by atoms with Crippen molar-refractivity contribution in [3.63, 3.8) is 0 Å². The van der Waals surface area contributed by atoms with Crippen molar-refractivity contribution in [2.45, 2.75) is 11.8 Å². The minimum atomic E-state index is -3.58. The topological polar surface area (TPSA) is 106 Å². The molecular weight excluding hydrogens is 382 g/mol. The van der Waals surface area contributed by atoms with E-state index < -0.39 is 10.0 Å². The number of morpholine rings is 1. The Labute approximate surface area is 165 Å². The van der Waals surface area contributed by atoms with Crippen LogP contribution in [0.2, 0.25) is 0 Å². The molecule has 1 fully saturated rings. The van der Waals surface area contributed by atoms with Gasteiger partial charge < -0.3 is 19.7 Å². The second-order valence-corrected chi connectivity index (χ2v) is 8.06. The first-order valence-corrected chi connectivity index (χ1v) is 10.5. The SMILES string of the molecule is COc1ccc(S(=O)(=O)NCCNc2nc(C)cc(N3CCOCC3)n2)cc1. The summed E-state index contributed by atoms with van der Waals surface area (Å²) in [6, 6.07) is 8.17. The summed E-state index contributed by atoms with van der Waals surface area (Å²) in [6.07, 6.45) is 0. The van der Waals surface area contributed by atoms with Crippen molar-refractivity contribution in [2.75, 3.05) is 56.7 Å². The standard InChI is InChI=1S/C18H25N5O4S/c1-14-13-17(23-9-11-27-12-10-23)22-18(21-14)19-7-8-20-28(24,25)16-5-3-15(26-2)4-6-16/h3-6,13,20H,7-12H2,1-2H3,(H,19,21,22). The first-order valence-electron chi connectivity index (χ1n) is 9.04. The van der Waals surface area contributed by atoms with Crippen molar-refractivity contribution in [3.8, 4) is 5.75 Å². The van der Waals surface area contributed by atoms with Crippen LogP contribution in [0.25, 0.3) is 0 Å². The third-order valence-corrected chi connectivity index (χ3v) is 5.72. The molecule has 1 saturated heterocycles. The summed E-state index contributed by atoms with van der Waals surface area (Å²) in [4.78, 5) is 11.2. The average molecular weight is 407 g/mol. The predicted octanol–water partition coefficient (Wildman–Crippen LogP) is 1.02. The van der Waals surface area contributed by atoms with E-state index in [2.05, 4.69) is 24.9 Å². The van der Waals surface area contributed by atoms with Crippen molar-refractivity contribution in [2.24, 2.45) is 0 Å². The molecule has 0 saturated carbocycles. The van der Waals surface area contributed by atoms with Crippen LogP contribution in [0.15, 0.2) is 35.2 Å². The Bertz CT molecular complexity index is 883. The zero-order valence-electron chi connectivity index (χ0n) is 16.0. The molecule has 10 heteroatoms. The van der Waals surface area contributed by atoms with Gasteiger partial charge in [0.15, 0.2) is 0 Å². The molecule has 3 rings (SSSR count). The highest BCUT2D eigenvalue weighted by Crippen LogP contribution is 2.17. The second-order valence-electron chi connectivity index (χ2n) is 6.29. The highest BCUT2D eigenvalue weighted by molar-refractivity contribution is 7.89. The number of aromatic nitrogens is 2. The van der Waals surface area contributed by atoms with E-state index in [9.17, 15) is 8.42 Å². The Balaban J connectivity index is 1.55. The molecule has 0 unspecified atom stereocenters. The minimum Gasteiger partial charge on any atom is -0.497 e. The lowest BCUT2D eigenvalue weighted by molar-refractivity contribution is 0.122. The number of ether oxygens (including phenoxy) is 2. The molecule has 0 amide bonds. The van der Waals surface area contributed by atoms with Gasteiger partial charge in [0.1, 0.15) is 11.6 Å². The van der Waals surface area contributed by atoms with Gasteiger partial charge in [-0.15, -0.1) is 0 Å². The van der Waals surface area contributed by atoms with E-state index in [4.69, 9.17) is 9.47 Å². The summed E-state index contributed by atoms with van der Waals surface area (Å²) >= 11 is 0. The Morgan fingerprint density at radius 2 is 1.86 bits per heavy atom.